The van der Waals surface area contributed by atoms with Crippen molar-refractivity contribution in [2.75, 3.05) is 11.9 Å². The van der Waals surface area contributed by atoms with Crippen molar-refractivity contribution in [1.29, 1.82) is 5.26 Å². The Bertz CT molecular complexity index is 1030. The fourth-order valence-electron chi connectivity index (χ4n) is 2.98. The number of nitrogens with zero attached hydrogens (tertiary/aromatic N) is 2. The van der Waals surface area contributed by atoms with E-state index >= 15 is 0 Å². The molecule has 136 valence electrons. The van der Waals surface area contributed by atoms with Crippen LogP contribution >= 0.6 is 15.9 Å². The van der Waals surface area contributed by atoms with Gasteiger partial charge in [0.25, 0.3) is 5.91 Å². The predicted molar refractivity (Wildman–Crippen MR) is 108 cm³/mol. The Labute approximate surface area is 166 Å². The summed E-state index contributed by atoms with van der Waals surface area (Å²) in [6.07, 6.45) is 0. The summed E-state index contributed by atoms with van der Waals surface area (Å²) in [5, 5.41) is 11.5. The Morgan fingerprint density at radius 2 is 1.96 bits per heavy atom. The lowest BCUT2D eigenvalue weighted by molar-refractivity contribution is 0.102. The maximum atomic E-state index is 12.8. The number of carbonyl (C=O) groups excluding carboxylic acids is 1. The van der Waals surface area contributed by atoms with E-state index in [0.29, 0.717) is 17.0 Å². The molecule has 0 saturated carbocycles. The number of benzene rings is 2. The van der Waals surface area contributed by atoms with E-state index in [4.69, 9.17) is 10.00 Å². The van der Waals surface area contributed by atoms with E-state index in [9.17, 15) is 4.79 Å². The van der Waals surface area contributed by atoms with Crippen molar-refractivity contribution in [2.24, 2.45) is 0 Å². The van der Waals surface area contributed by atoms with E-state index in [-0.39, 0.29) is 12.5 Å². The number of aromatic nitrogens is 1. The molecule has 0 aliphatic heterocycles. The summed E-state index contributed by atoms with van der Waals surface area (Å²) in [7, 11) is 0. The first kappa shape index (κ1) is 18.7. The molecule has 3 rings (SSSR count). The molecule has 0 aliphatic carbocycles. The lowest BCUT2D eigenvalue weighted by Gasteiger charge is -2.11. The molecule has 0 saturated heterocycles. The summed E-state index contributed by atoms with van der Waals surface area (Å²) in [5.41, 5.74) is 4.05. The third-order valence-electron chi connectivity index (χ3n) is 4.14. The fraction of sp³-hybridized carbons (Fsp3) is 0.143. The van der Waals surface area contributed by atoms with E-state index in [0.717, 1.165) is 21.5 Å². The molecular formula is C21H18BrN3O2. The minimum Gasteiger partial charge on any atom is -0.479 e. The second-order valence-electron chi connectivity index (χ2n) is 6.03. The number of nitrogens with one attached hydrogen (secondary N) is 1. The van der Waals surface area contributed by atoms with Gasteiger partial charge in [-0.3, -0.25) is 4.79 Å². The Hall–Kier alpha value is -3.04. The van der Waals surface area contributed by atoms with Crippen LogP contribution in [0.15, 0.2) is 59.1 Å². The largest absolute Gasteiger partial charge is 0.479 e. The van der Waals surface area contributed by atoms with Crippen LogP contribution in [0.1, 0.15) is 21.7 Å². The number of carbonyl (C=O) groups is 1. The molecular weight excluding hydrogens is 406 g/mol. The molecule has 0 spiro atoms. The summed E-state index contributed by atoms with van der Waals surface area (Å²) >= 11 is 3.49. The van der Waals surface area contributed by atoms with Crippen LogP contribution in [0, 0.1) is 25.2 Å². The van der Waals surface area contributed by atoms with E-state index in [1.54, 1.807) is 24.3 Å². The van der Waals surface area contributed by atoms with E-state index in [1.165, 1.54) is 0 Å². The predicted octanol–water partition coefficient (Wildman–Crippen LogP) is 5.01. The molecule has 6 heteroatoms. The SMILES string of the molecule is Cc1cc(C(=O)Nc2cccc(OCC#N)c2)c(C)n1-c1cccc(Br)c1. The van der Waals surface area contributed by atoms with Crippen LogP contribution < -0.4 is 10.1 Å². The first-order valence-corrected chi connectivity index (χ1v) is 9.15. The van der Waals surface area contributed by atoms with Gasteiger partial charge in [0.05, 0.1) is 5.56 Å². The summed E-state index contributed by atoms with van der Waals surface area (Å²) in [5.74, 6) is 0.343. The zero-order valence-electron chi connectivity index (χ0n) is 15.0. The standard InChI is InChI=1S/C21H18BrN3O2/c1-14-11-20(15(2)25(14)18-7-3-5-16(22)12-18)21(26)24-17-6-4-8-19(13-17)27-10-9-23/h3-8,11-13H,10H2,1-2H3,(H,24,26). The van der Waals surface area contributed by atoms with Crippen LogP contribution in [-0.2, 0) is 0 Å². The van der Waals surface area contributed by atoms with Gasteiger partial charge in [-0.05, 0) is 50.2 Å². The molecule has 3 aromatic rings. The van der Waals surface area contributed by atoms with Gasteiger partial charge in [-0.1, -0.05) is 28.1 Å². The number of rotatable bonds is 5. The lowest BCUT2D eigenvalue weighted by atomic mass is 10.2. The van der Waals surface area contributed by atoms with Crippen molar-refractivity contribution in [2.45, 2.75) is 13.8 Å². The summed E-state index contributed by atoms with van der Waals surface area (Å²) in [4.78, 5) is 12.8. The van der Waals surface area contributed by atoms with Gasteiger partial charge < -0.3 is 14.6 Å². The van der Waals surface area contributed by atoms with Gasteiger partial charge in [0.15, 0.2) is 6.61 Å². The molecule has 0 radical (unpaired) electrons. The Kier molecular flexibility index (Phi) is 5.63. The molecule has 1 heterocycles. The molecule has 2 aromatic carbocycles. The number of anilines is 1. The van der Waals surface area contributed by atoms with Gasteiger partial charge >= 0.3 is 0 Å². The smallest absolute Gasteiger partial charge is 0.257 e. The quantitative estimate of drug-likeness (QED) is 0.626. The van der Waals surface area contributed by atoms with E-state index in [1.807, 2.05) is 54.8 Å². The van der Waals surface area contributed by atoms with Crippen molar-refractivity contribution >= 4 is 27.5 Å². The zero-order chi connectivity index (χ0) is 19.4. The third kappa shape index (κ3) is 4.21. The molecule has 0 atom stereocenters. The normalized spacial score (nSPS) is 10.3. The van der Waals surface area contributed by atoms with Crippen molar-refractivity contribution in [1.82, 2.24) is 4.57 Å². The molecule has 27 heavy (non-hydrogen) atoms. The Morgan fingerprint density at radius 1 is 1.19 bits per heavy atom. The molecule has 0 bridgehead atoms. The molecule has 0 unspecified atom stereocenters. The Morgan fingerprint density at radius 3 is 2.70 bits per heavy atom. The monoisotopic (exact) mass is 423 g/mol. The molecule has 5 nitrogen and oxygen atoms in total. The number of halogens is 1. The molecule has 1 N–H and O–H groups in total. The summed E-state index contributed by atoms with van der Waals surface area (Å²) in [6, 6.07) is 18.7. The number of ether oxygens (including phenoxy) is 1. The first-order valence-electron chi connectivity index (χ1n) is 8.35. The highest BCUT2D eigenvalue weighted by atomic mass is 79.9. The molecule has 0 aliphatic rings. The number of amides is 1. The van der Waals surface area contributed by atoms with Crippen LogP contribution in [0.5, 0.6) is 5.75 Å². The van der Waals surface area contributed by atoms with Crippen molar-refractivity contribution in [3.63, 3.8) is 0 Å². The maximum Gasteiger partial charge on any atom is 0.257 e. The average molecular weight is 424 g/mol. The van der Waals surface area contributed by atoms with Gasteiger partial charge in [0.1, 0.15) is 11.8 Å². The Balaban J connectivity index is 1.86. The van der Waals surface area contributed by atoms with Crippen LogP contribution in [0.4, 0.5) is 5.69 Å². The number of hydrogen-bond acceptors (Lipinski definition) is 3. The van der Waals surface area contributed by atoms with Gasteiger partial charge in [0.2, 0.25) is 0 Å². The van der Waals surface area contributed by atoms with E-state index < -0.39 is 0 Å². The second-order valence-corrected chi connectivity index (χ2v) is 6.94. The van der Waals surface area contributed by atoms with Gasteiger partial charge in [0, 0.05) is 33.3 Å². The topological polar surface area (TPSA) is 67.0 Å². The van der Waals surface area contributed by atoms with Crippen molar-refractivity contribution < 1.29 is 9.53 Å². The molecule has 1 amide bonds. The van der Waals surface area contributed by atoms with Gasteiger partial charge in [-0.15, -0.1) is 0 Å². The number of nitriles is 1. The van der Waals surface area contributed by atoms with Crippen LogP contribution in [0.25, 0.3) is 5.69 Å². The lowest BCUT2D eigenvalue weighted by Crippen LogP contribution is -2.13. The van der Waals surface area contributed by atoms with Crippen molar-refractivity contribution in [3.8, 4) is 17.5 Å². The molecule has 1 aromatic heterocycles. The third-order valence-corrected chi connectivity index (χ3v) is 4.63. The highest BCUT2D eigenvalue weighted by Crippen LogP contribution is 2.24. The van der Waals surface area contributed by atoms with Crippen LogP contribution in [0.2, 0.25) is 0 Å². The highest BCUT2D eigenvalue weighted by molar-refractivity contribution is 9.10. The van der Waals surface area contributed by atoms with Crippen LogP contribution in [-0.4, -0.2) is 17.1 Å². The van der Waals surface area contributed by atoms with Gasteiger partial charge in [-0.25, -0.2) is 0 Å². The minimum absolute atomic E-state index is 0.0365. The highest BCUT2D eigenvalue weighted by Gasteiger charge is 2.17. The first-order chi connectivity index (χ1) is 13.0. The summed E-state index contributed by atoms with van der Waals surface area (Å²) in [6.45, 7) is 3.86. The number of hydrogen-bond donors (Lipinski definition) is 1. The minimum atomic E-state index is -0.193. The van der Waals surface area contributed by atoms with Crippen molar-refractivity contribution in [3.05, 3.63) is 76.0 Å². The van der Waals surface area contributed by atoms with Crippen LogP contribution in [0.3, 0.4) is 0 Å². The molecule has 0 fully saturated rings. The van der Waals surface area contributed by atoms with E-state index in [2.05, 4.69) is 21.2 Å². The zero-order valence-corrected chi connectivity index (χ0v) is 16.6. The maximum absolute atomic E-state index is 12.8. The fourth-order valence-corrected chi connectivity index (χ4v) is 3.37. The summed E-state index contributed by atoms with van der Waals surface area (Å²) < 4.78 is 8.31. The average Bonchev–Trinajstić information content (AvgIpc) is 2.94. The number of aryl methyl sites for hydroxylation is 1. The van der Waals surface area contributed by atoms with Gasteiger partial charge in [-0.2, -0.15) is 5.26 Å². The second kappa shape index (κ2) is 8.11.